The van der Waals surface area contributed by atoms with E-state index in [1.54, 1.807) is 0 Å². The quantitative estimate of drug-likeness (QED) is 0.896. The van der Waals surface area contributed by atoms with Crippen LogP contribution in [0.4, 0.5) is 5.69 Å². The number of benzene rings is 2. The Morgan fingerprint density at radius 3 is 2.60 bits per heavy atom. The van der Waals surface area contributed by atoms with Crippen LogP contribution in [-0.4, -0.2) is 13.1 Å². The van der Waals surface area contributed by atoms with E-state index < -0.39 is 0 Å². The van der Waals surface area contributed by atoms with Gasteiger partial charge in [0, 0.05) is 31.9 Å². The Morgan fingerprint density at radius 2 is 1.75 bits per heavy atom. The third kappa shape index (κ3) is 2.70. The van der Waals surface area contributed by atoms with E-state index in [4.69, 9.17) is 0 Å². The van der Waals surface area contributed by atoms with Crippen LogP contribution in [0.15, 0.2) is 48.5 Å². The monoisotopic (exact) mass is 266 g/mol. The molecule has 0 radical (unpaired) electrons. The highest BCUT2D eigenvalue weighted by Crippen LogP contribution is 2.24. The lowest BCUT2D eigenvalue weighted by atomic mass is 10.0. The van der Waals surface area contributed by atoms with Gasteiger partial charge < -0.3 is 10.2 Å². The first-order chi connectivity index (χ1) is 9.88. The van der Waals surface area contributed by atoms with Crippen molar-refractivity contribution >= 4 is 5.69 Å². The molecule has 0 bridgehead atoms. The molecule has 1 aliphatic rings. The molecule has 0 aliphatic carbocycles. The van der Waals surface area contributed by atoms with Crippen LogP contribution in [-0.2, 0) is 19.5 Å². The molecule has 2 nitrogen and oxygen atoms in total. The normalized spacial score (nSPS) is 15.3. The second-order valence-electron chi connectivity index (χ2n) is 5.35. The summed E-state index contributed by atoms with van der Waals surface area (Å²) in [7, 11) is 0. The summed E-state index contributed by atoms with van der Waals surface area (Å²) in [6.07, 6.45) is 1.09. The number of fused-ring (bicyclic) bond motifs is 1. The molecular formula is C18H22N2. The van der Waals surface area contributed by atoms with E-state index in [0.717, 1.165) is 32.6 Å². The highest BCUT2D eigenvalue weighted by atomic mass is 15.1. The number of para-hydroxylation sites is 1. The van der Waals surface area contributed by atoms with Crippen LogP contribution >= 0.6 is 0 Å². The molecule has 1 N–H and O–H groups in total. The van der Waals surface area contributed by atoms with E-state index in [1.807, 2.05) is 0 Å². The number of nitrogens with one attached hydrogen (secondary N) is 1. The van der Waals surface area contributed by atoms with Gasteiger partial charge in [-0.1, -0.05) is 49.4 Å². The van der Waals surface area contributed by atoms with Gasteiger partial charge in [-0.3, -0.25) is 0 Å². The lowest BCUT2D eigenvalue weighted by molar-refractivity contribution is 0.630. The second kappa shape index (κ2) is 6.10. The molecule has 0 unspecified atom stereocenters. The lowest BCUT2D eigenvalue weighted by Gasteiger charge is -2.30. The molecule has 0 fully saturated rings. The molecule has 1 aliphatic heterocycles. The Bertz CT molecular complexity index is 577. The van der Waals surface area contributed by atoms with Crippen molar-refractivity contribution in [2.75, 3.05) is 18.0 Å². The van der Waals surface area contributed by atoms with Gasteiger partial charge in [0.25, 0.3) is 0 Å². The molecular weight excluding hydrogens is 244 g/mol. The SMILES string of the molecule is CCc1ccccc1N1CCNCc2ccccc2C1. The minimum absolute atomic E-state index is 0.986. The number of hydrogen-bond acceptors (Lipinski definition) is 2. The largest absolute Gasteiger partial charge is 0.366 e. The first-order valence-corrected chi connectivity index (χ1v) is 7.49. The van der Waals surface area contributed by atoms with Gasteiger partial charge in [0.15, 0.2) is 0 Å². The first-order valence-electron chi connectivity index (χ1n) is 7.49. The minimum Gasteiger partial charge on any atom is -0.366 e. The Hall–Kier alpha value is -1.80. The van der Waals surface area contributed by atoms with Crippen LogP contribution < -0.4 is 10.2 Å². The molecule has 0 amide bonds. The van der Waals surface area contributed by atoms with Crippen LogP contribution in [0.25, 0.3) is 0 Å². The van der Waals surface area contributed by atoms with Crippen molar-refractivity contribution in [2.24, 2.45) is 0 Å². The van der Waals surface area contributed by atoms with Crippen LogP contribution in [0.2, 0.25) is 0 Å². The van der Waals surface area contributed by atoms with Crippen LogP contribution in [0.3, 0.4) is 0 Å². The smallest absolute Gasteiger partial charge is 0.0433 e. The third-order valence-corrected chi connectivity index (χ3v) is 4.07. The summed E-state index contributed by atoms with van der Waals surface area (Å²) in [5.41, 5.74) is 5.68. The van der Waals surface area contributed by atoms with Crippen molar-refractivity contribution in [3.8, 4) is 0 Å². The second-order valence-corrected chi connectivity index (χ2v) is 5.35. The Kier molecular flexibility index (Phi) is 4.03. The van der Waals surface area contributed by atoms with Crippen LogP contribution in [0, 0.1) is 0 Å². The van der Waals surface area contributed by atoms with Gasteiger partial charge in [0.05, 0.1) is 0 Å². The Labute approximate surface area is 121 Å². The van der Waals surface area contributed by atoms with Gasteiger partial charge in [0.1, 0.15) is 0 Å². The van der Waals surface area contributed by atoms with Gasteiger partial charge in [-0.15, -0.1) is 0 Å². The summed E-state index contributed by atoms with van der Waals surface area (Å²) in [5.74, 6) is 0. The van der Waals surface area contributed by atoms with E-state index >= 15 is 0 Å². The summed E-state index contributed by atoms with van der Waals surface area (Å²) in [6.45, 7) is 6.32. The maximum atomic E-state index is 3.54. The van der Waals surface area contributed by atoms with Crippen molar-refractivity contribution in [3.63, 3.8) is 0 Å². The topological polar surface area (TPSA) is 15.3 Å². The fraction of sp³-hybridized carbons (Fsp3) is 0.333. The maximum absolute atomic E-state index is 3.54. The van der Waals surface area contributed by atoms with Gasteiger partial charge in [-0.25, -0.2) is 0 Å². The van der Waals surface area contributed by atoms with Crippen molar-refractivity contribution in [3.05, 3.63) is 65.2 Å². The van der Waals surface area contributed by atoms with Gasteiger partial charge in [0.2, 0.25) is 0 Å². The maximum Gasteiger partial charge on any atom is 0.0433 e. The molecule has 2 aromatic carbocycles. The van der Waals surface area contributed by atoms with Gasteiger partial charge >= 0.3 is 0 Å². The summed E-state index contributed by atoms with van der Waals surface area (Å²) in [4.78, 5) is 2.50. The number of nitrogens with zero attached hydrogens (tertiary/aromatic N) is 1. The van der Waals surface area contributed by atoms with E-state index in [2.05, 4.69) is 65.7 Å². The molecule has 3 rings (SSSR count). The molecule has 0 spiro atoms. The summed E-state index contributed by atoms with van der Waals surface area (Å²) in [6, 6.07) is 17.5. The molecule has 104 valence electrons. The van der Waals surface area contributed by atoms with Crippen molar-refractivity contribution in [1.82, 2.24) is 5.32 Å². The highest BCUT2D eigenvalue weighted by Gasteiger charge is 2.14. The van der Waals surface area contributed by atoms with E-state index in [1.165, 1.54) is 22.4 Å². The molecule has 0 saturated heterocycles. The summed E-state index contributed by atoms with van der Waals surface area (Å²) < 4.78 is 0. The minimum atomic E-state index is 0.986. The zero-order chi connectivity index (χ0) is 13.8. The Balaban J connectivity index is 1.94. The van der Waals surface area contributed by atoms with Crippen molar-refractivity contribution < 1.29 is 0 Å². The zero-order valence-electron chi connectivity index (χ0n) is 12.1. The van der Waals surface area contributed by atoms with E-state index in [0.29, 0.717) is 0 Å². The average molecular weight is 266 g/mol. The van der Waals surface area contributed by atoms with E-state index in [9.17, 15) is 0 Å². The predicted molar refractivity (Wildman–Crippen MR) is 85.0 cm³/mol. The molecule has 1 heterocycles. The molecule has 2 aromatic rings. The zero-order valence-corrected chi connectivity index (χ0v) is 12.1. The van der Waals surface area contributed by atoms with E-state index in [-0.39, 0.29) is 0 Å². The standard InChI is InChI=1S/C18H22N2/c1-2-15-7-5-6-10-18(15)20-12-11-19-13-16-8-3-4-9-17(16)14-20/h3-10,19H,2,11-14H2,1H3. The molecule has 2 heteroatoms. The lowest BCUT2D eigenvalue weighted by Crippen LogP contribution is -2.35. The van der Waals surface area contributed by atoms with Crippen molar-refractivity contribution in [1.29, 1.82) is 0 Å². The molecule has 20 heavy (non-hydrogen) atoms. The number of aryl methyl sites for hydroxylation is 1. The summed E-state index contributed by atoms with van der Waals surface area (Å²) in [5, 5.41) is 3.54. The summed E-state index contributed by atoms with van der Waals surface area (Å²) >= 11 is 0. The molecule has 0 aromatic heterocycles. The first kappa shape index (κ1) is 13.2. The number of anilines is 1. The van der Waals surface area contributed by atoms with Crippen LogP contribution in [0.1, 0.15) is 23.6 Å². The molecule has 0 saturated carbocycles. The number of rotatable bonds is 2. The average Bonchev–Trinajstić information content (AvgIpc) is 2.48. The van der Waals surface area contributed by atoms with Gasteiger partial charge in [-0.2, -0.15) is 0 Å². The fourth-order valence-electron chi connectivity index (χ4n) is 2.93. The fourth-order valence-corrected chi connectivity index (χ4v) is 2.93. The third-order valence-electron chi connectivity index (χ3n) is 4.07. The highest BCUT2D eigenvalue weighted by molar-refractivity contribution is 5.54. The van der Waals surface area contributed by atoms with Crippen LogP contribution in [0.5, 0.6) is 0 Å². The van der Waals surface area contributed by atoms with Gasteiger partial charge in [-0.05, 0) is 29.2 Å². The molecule has 0 atom stereocenters. The predicted octanol–water partition coefficient (Wildman–Crippen LogP) is 3.36. The number of hydrogen-bond donors (Lipinski definition) is 1. The van der Waals surface area contributed by atoms with Crippen molar-refractivity contribution in [2.45, 2.75) is 26.4 Å². The Morgan fingerprint density at radius 1 is 1.00 bits per heavy atom.